The second kappa shape index (κ2) is 6.07. The minimum absolute atomic E-state index is 0.715. The molecule has 1 nitrogen and oxygen atoms in total. The van der Waals surface area contributed by atoms with E-state index in [1.807, 2.05) is 54.6 Å². The molecule has 0 saturated carbocycles. The molecule has 0 heterocycles. The van der Waals surface area contributed by atoms with Crippen LogP contribution < -0.4 is 4.74 Å². The van der Waals surface area contributed by atoms with Gasteiger partial charge < -0.3 is 4.74 Å². The number of hydrogen-bond donors (Lipinski definition) is 0. The van der Waals surface area contributed by atoms with Gasteiger partial charge in [0.1, 0.15) is 5.75 Å². The van der Waals surface area contributed by atoms with Crippen LogP contribution in [0.1, 0.15) is 11.1 Å². The molecule has 0 aromatic heterocycles. The summed E-state index contributed by atoms with van der Waals surface area (Å²) in [5.41, 5.74) is 2.19. The maximum absolute atomic E-state index is 6.04. The fourth-order valence-electron chi connectivity index (χ4n) is 1.52. The third-order valence-corrected chi connectivity index (χ3v) is 3.76. The van der Waals surface area contributed by atoms with Crippen molar-refractivity contribution in [2.75, 3.05) is 7.11 Å². The summed E-state index contributed by atoms with van der Waals surface area (Å²) < 4.78 is 6.02. The van der Waals surface area contributed by atoms with E-state index in [9.17, 15) is 0 Å². The zero-order valence-electron chi connectivity index (χ0n) is 9.86. The largest absolute Gasteiger partial charge is 0.497 e. The quantitative estimate of drug-likeness (QED) is 0.698. The molecule has 18 heavy (non-hydrogen) atoms. The first-order valence-corrected chi connectivity index (χ1v) is 6.63. The first-order chi connectivity index (χ1) is 8.69. The van der Waals surface area contributed by atoms with Crippen LogP contribution in [0.5, 0.6) is 5.75 Å². The third kappa shape index (κ3) is 3.37. The molecular weight excluding hydrogens is 312 g/mol. The summed E-state index contributed by atoms with van der Waals surface area (Å²) in [6, 6.07) is 13.8. The highest BCUT2D eigenvalue weighted by Crippen LogP contribution is 2.24. The summed E-state index contributed by atoms with van der Waals surface area (Å²) in [7, 11) is 1.66. The van der Waals surface area contributed by atoms with Crippen LogP contribution in [-0.2, 0) is 0 Å². The van der Waals surface area contributed by atoms with E-state index in [1.165, 1.54) is 0 Å². The molecule has 0 amide bonds. The molecule has 92 valence electrons. The molecule has 0 aliphatic rings. The topological polar surface area (TPSA) is 9.23 Å². The van der Waals surface area contributed by atoms with Crippen LogP contribution in [0.15, 0.2) is 46.9 Å². The molecule has 0 N–H and O–H groups in total. The van der Waals surface area contributed by atoms with Crippen molar-refractivity contribution in [1.29, 1.82) is 0 Å². The van der Waals surface area contributed by atoms with Gasteiger partial charge in [-0.2, -0.15) is 0 Å². The molecule has 2 aromatic rings. The smallest absolute Gasteiger partial charge is 0.118 e. The lowest BCUT2D eigenvalue weighted by atomic mass is 10.1. The molecule has 0 spiro atoms. The summed E-state index contributed by atoms with van der Waals surface area (Å²) in [6.45, 7) is 0. The van der Waals surface area contributed by atoms with E-state index < -0.39 is 0 Å². The highest BCUT2D eigenvalue weighted by molar-refractivity contribution is 9.10. The Bertz CT molecular complexity index is 561. The predicted octanol–water partition coefficient (Wildman–Crippen LogP) is 5.28. The molecule has 0 fully saturated rings. The lowest BCUT2D eigenvalue weighted by Crippen LogP contribution is -1.81. The van der Waals surface area contributed by atoms with Crippen LogP contribution in [0.2, 0.25) is 5.02 Å². The fraction of sp³-hybridized carbons (Fsp3) is 0.0667. The minimum atomic E-state index is 0.715. The second-order valence-electron chi connectivity index (χ2n) is 3.78. The summed E-state index contributed by atoms with van der Waals surface area (Å²) in [4.78, 5) is 0. The SMILES string of the molecule is COc1ccc(/C=C/c2ccc(Br)c(Cl)c2)cc1. The number of ether oxygens (including phenoxy) is 1. The van der Waals surface area contributed by atoms with Gasteiger partial charge in [-0.3, -0.25) is 0 Å². The number of benzene rings is 2. The molecule has 0 bridgehead atoms. The van der Waals surface area contributed by atoms with Crippen LogP contribution >= 0.6 is 27.5 Å². The van der Waals surface area contributed by atoms with Crippen molar-refractivity contribution in [2.24, 2.45) is 0 Å². The van der Waals surface area contributed by atoms with E-state index >= 15 is 0 Å². The lowest BCUT2D eigenvalue weighted by Gasteiger charge is -2.00. The summed E-state index contributed by atoms with van der Waals surface area (Å²) in [5.74, 6) is 0.860. The van der Waals surface area contributed by atoms with E-state index in [4.69, 9.17) is 16.3 Å². The van der Waals surface area contributed by atoms with Crippen LogP contribution in [0.25, 0.3) is 12.2 Å². The Kier molecular flexibility index (Phi) is 4.45. The molecule has 0 aliphatic carbocycles. The van der Waals surface area contributed by atoms with Gasteiger partial charge >= 0.3 is 0 Å². The van der Waals surface area contributed by atoms with E-state index in [2.05, 4.69) is 15.9 Å². The van der Waals surface area contributed by atoms with Crippen LogP contribution in [0.3, 0.4) is 0 Å². The highest BCUT2D eigenvalue weighted by Gasteiger charge is 1.96. The Morgan fingerprint density at radius 1 is 1.00 bits per heavy atom. The third-order valence-electron chi connectivity index (χ3n) is 2.53. The monoisotopic (exact) mass is 322 g/mol. The van der Waals surface area contributed by atoms with E-state index in [0.29, 0.717) is 5.02 Å². The Morgan fingerprint density at radius 2 is 1.61 bits per heavy atom. The van der Waals surface area contributed by atoms with Gasteiger partial charge in [0.15, 0.2) is 0 Å². The average Bonchev–Trinajstić information content (AvgIpc) is 2.41. The molecule has 0 unspecified atom stereocenters. The van der Waals surface area contributed by atoms with Crippen LogP contribution in [0, 0.1) is 0 Å². The number of halogens is 2. The van der Waals surface area contributed by atoms with Crippen molar-refractivity contribution >= 4 is 39.7 Å². The van der Waals surface area contributed by atoms with E-state index in [0.717, 1.165) is 21.3 Å². The minimum Gasteiger partial charge on any atom is -0.497 e. The predicted molar refractivity (Wildman–Crippen MR) is 81.1 cm³/mol. The van der Waals surface area contributed by atoms with Gasteiger partial charge in [-0.25, -0.2) is 0 Å². The molecular formula is C15H12BrClO. The zero-order chi connectivity index (χ0) is 13.0. The molecule has 0 atom stereocenters. The Labute approximate surface area is 120 Å². The van der Waals surface area contributed by atoms with Crippen molar-refractivity contribution in [3.63, 3.8) is 0 Å². The van der Waals surface area contributed by atoms with Gasteiger partial charge in [0, 0.05) is 4.47 Å². The summed E-state index contributed by atoms with van der Waals surface area (Å²) in [5, 5.41) is 0.715. The molecule has 3 heteroatoms. The highest BCUT2D eigenvalue weighted by atomic mass is 79.9. The van der Waals surface area contributed by atoms with Crippen molar-refractivity contribution in [1.82, 2.24) is 0 Å². The Hall–Kier alpha value is -1.25. The molecule has 2 rings (SSSR count). The molecule has 0 saturated heterocycles. The van der Waals surface area contributed by atoms with Gasteiger partial charge in [0.2, 0.25) is 0 Å². The Morgan fingerprint density at radius 3 is 2.22 bits per heavy atom. The number of hydrogen-bond acceptors (Lipinski definition) is 1. The fourth-order valence-corrected chi connectivity index (χ4v) is 1.96. The zero-order valence-corrected chi connectivity index (χ0v) is 12.2. The second-order valence-corrected chi connectivity index (χ2v) is 5.04. The van der Waals surface area contributed by atoms with Crippen molar-refractivity contribution in [3.8, 4) is 5.75 Å². The standard InChI is InChI=1S/C15H12BrClO/c1-18-13-7-4-11(5-8-13)2-3-12-6-9-14(16)15(17)10-12/h2-10H,1H3/b3-2+. The normalized spacial score (nSPS) is 10.8. The summed E-state index contributed by atoms with van der Waals surface area (Å²) in [6.07, 6.45) is 4.07. The van der Waals surface area contributed by atoms with Crippen molar-refractivity contribution < 1.29 is 4.74 Å². The van der Waals surface area contributed by atoms with Gasteiger partial charge in [-0.1, -0.05) is 42.0 Å². The lowest BCUT2D eigenvalue weighted by molar-refractivity contribution is 0.415. The number of rotatable bonds is 3. The van der Waals surface area contributed by atoms with Gasteiger partial charge in [0.25, 0.3) is 0 Å². The molecule has 0 radical (unpaired) electrons. The molecule has 2 aromatic carbocycles. The van der Waals surface area contributed by atoms with E-state index in [1.54, 1.807) is 7.11 Å². The van der Waals surface area contributed by atoms with Crippen LogP contribution in [0.4, 0.5) is 0 Å². The van der Waals surface area contributed by atoms with Gasteiger partial charge in [0.05, 0.1) is 12.1 Å². The number of methoxy groups -OCH3 is 1. The van der Waals surface area contributed by atoms with Crippen LogP contribution in [-0.4, -0.2) is 7.11 Å². The summed E-state index contributed by atoms with van der Waals surface area (Å²) >= 11 is 9.41. The first-order valence-electron chi connectivity index (χ1n) is 5.46. The van der Waals surface area contributed by atoms with Crippen molar-refractivity contribution in [3.05, 3.63) is 63.1 Å². The van der Waals surface area contributed by atoms with E-state index in [-0.39, 0.29) is 0 Å². The maximum Gasteiger partial charge on any atom is 0.118 e. The average molecular weight is 324 g/mol. The van der Waals surface area contributed by atoms with Crippen molar-refractivity contribution in [2.45, 2.75) is 0 Å². The van der Waals surface area contributed by atoms with Gasteiger partial charge in [-0.05, 0) is 51.3 Å². The first kappa shape index (κ1) is 13.2. The maximum atomic E-state index is 6.04. The Balaban J connectivity index is 2.16. The van der Waals surface area contributed by atoms with Gasteiger partial charge in [-0.15, -0.1) is 0 Å². The molecule has 0 aliphatic heterocycles.